The number of nitro groups is 1. The van der Waals surface area contributed by atoms with E-state index in [9.17, 15) is 24.8 Å². The summed E-state index contributed by atoms with van der Waals surface area (Å²) in [4.78, 5) is 35.1. The molecule has 2 heterocycles. The van der Waals surface area contributed by atoms with Gasteiger partial charge in [0.2, 0.25) is 0 Å². The summed E-state index contributed by atoms with van der Waals surface area (Å²) in [5.74, 6) is 0.114. The highest BCUT2D eigenvalue weighted by Gasteiger charge is 2.32. The molecule has 0 saturated carbocycles. The maximum Gasteiger partial charge on any atom is 0.337 e. The number of non-ortho nitro benzene ring substituents is 1. The molecule has 0 aliphatic carbocycles. The number of nitrogens with one attached hydrogen (secondary N) is 3. The first kappa shape index (κ1) is 31.6. The fourth-order valence-electron chi connectivity index (χ4n) is 4.85. The summed E-state index contributed by atoms with van der Waals surface area (Å²) >= 11 is 0. The van der Waals surface area contributed by atoms with Crippen molar-refractivity contribution >= 4 is 23.9 Å². The van der Waals surface area contributed by atoms with Gasteiger partial charge in [0.15, 0.2) is 17.7 Å². The Balaban J connectivity index is 1.42. The van der Waals surface area contributed by atoms with Gasteiger partial charge in [-0.3, -0.25) is 15.5 Å². The number of amides is 2. The van der Waals surface area contributed by atoms with Gasteiger partial charge < -0.3 is 34.5 Å². The molecule has 14 heteroatoms. The van der Waals surface area contributed by atoms with Crippen molar-refractivity contribution in [3.8, 4) is 17.2 Å². The number of nitro benzene ring substituents is 1. The average Bonchev–Trinajstić information content (AvgIpc) is 3.28. The minimum absolute atomic E-state index is 0.0120. The number of aryl methyl sites for hydroxylation is 1. The van der Waals surface area contributed by atoms with E-state index >= 15 is 0 Å². The third-order valence-electron chi connectivity index (χ3n) is 6.89. The highest BCUT2D eigenvalue weighted by Crippen LogP contribution is 2.35. The lowest BCUT2D eigenvalue weighted by molar-refractivity contribution is -0.384. The van der Waals surface area contributed by atoms with Gasteiger partial charge >= 0.3 is 12.0 Å². The highest BCUT2D eigenvalue weighted by molar-refractivity contribution is 5.95. The molecule has 2 atom stereocenters. The molecular formula is C30H34N6O8. The number of carbonyl (C=O) groups excluding carboxylic acids is 2. The summed E-state index contributed by atoms with van der Waals surface area (Å²) in [6.45, 7) is 7.38. The average molecular weight is 607 g/mol. The van der Waals surface area contributed by atoms with Crippen LogP contribution in [0.15, 0.2) is 64.9 Å². The molecule has 4 rings (SSSR count). The van der Waals surface area contributed by atoms with Crippen LogP contribution in [0, 0.1) is 24.0 Å². The molecule has 0 radical (unpaired) electrons. The Morgan fingerprint density at radius 1 is 1.16 bits per heavy atom. The van der Waals surface area contributed by atoms with Gasteiger partial charge in [-0.1, -0.05) is 6.07 Å². The van der Waals surface area contributed by atoms with Gasteiger partial charge in [0.25, 0.3) is 5.69 Å². The lowest BCUT2D eigenvalue weighted by Crippen LogP contribution is -2.45. The minimum Gasteiger partial charge on any atom is -0.490 e. The maximum atomic E-state index is 12.4. The number of nitrogens with zero attached hydrogens (tertiary/aromatic N) is 3. The molecule has 0 unspecified atom stereocenters. The molecule has 2 amide bonds. The molecule has 1 aliphatic rings. The Labute approximate surface area is 253 Å². The van der Waals surface area contributed by atoms with Gasteiger partial charge in [0, 0.05) is 40.5 Å². The molecular weight excluding hydrogens is 572 g/mol. The van der Waals surface area contributed by atoms with E-state index < -0.39 is 29.2 Å². The molecule has 2 aromatic carbocycles. The van der Waals surface area contributed by atoms with Crippen LogP contribution in [0.3, 0.4) is 0 Å². The second-order valence-corrected chi connectivity index (χ2v) is 9.85. The van der Waals surface area contributed by atoms with Crippen LogP contribution in [0.4, 0.5) is 10.5 Å². The topological polar surface area (TPSA) is 179 Å². The van der Waals surface area contributed by atoms with Crippen LogP contribution in [-0.4, -0.2) is 59.4 Å². The molecule has 0 fully saturated rings. The van der Waals surface area contributed by atoms with Crippen LogP contribution in [0.2, 0.25) is 0 Å². The summed E-state index contributed by atoms with van der Waals surface area (Å²) in [6.07, 6.45) is 0.397. The van der Waals surface area contributed by atoms with Crippen LogP contribution in [0.5, 0.6) is 11.5 Å². The van der Waals surface area contributed by atoms with E-state index in [0.717, 1.165) is 22.6 Å². The number of methoxy groups -OCH3 is 1. The zero-order valence-corrected chi connectivity index (χ0v) is 24.9. The zero-order valence-electron chi connectivity index (χ0n) is 24.9. The number of ether oxygens (including phenoxy) is 3. The Bertz CT molecular complexity index is 1610. The van der Waals surface area contributed by atoms with E-state index in [4.69, 9.17) is 14.2 Å². The second-order valence-electron chi connectivity index (χ2n) is 9.85. The lowest BCUT2D eigenvalue weighted by Gasteiger charge is -2.28. The smallest absolute Gasteiger partial charge is 0.337 e. The predicted molar refractivity (Wildman–Crippen MR) is 161 cm³/mol. The number of hydrazone groups is 1. The van der Waals surface area contributed by atoms with Gasteiger partial charge in [0.1, 0.15) is 6.61 Å². The number of rotatable bonds is 12. The van der Waals surface area contributed by atoms with Gasteiger partial charge in [-0.25, -0.2) is 9.59 Å². The third-order valence-corrected chi connectivity index (χ3v) is 6.89. The molecule has 44 heavy (non-hydrogen) atoms. The van der Waals surface area contributed by atoms with Crippen molar-refractivity contribution in [2.45, 2.75) is 40.0 Å². The van der Waals surface area contributed by atoms with Crippen LogP contribution >= 0.6 is 0 Å². The van der Waals surface area contributed by atoms with Crippen molar-refractivity contribution in [2.75, 3.05) is 20.3 Å². The normalized spacial score (nSPS) is 15.4. The standard InChI is InChI=1S/C30H34N6O8/c1-6-43-25-14-20(28-27(29(38)42-5)18(3)32-30(39)33-28)7-12-24(25)44-16-26(37)34-31-15-21-13-17(2)35(19(21)4)22-8-10-23(11-9-22)36(40)41/h7-15,26,28,34,37H,6,16H2,1-5H3,(H2,32,33,39)/b31-15+/t26-,28-/m0/s1. The zero-order chi connectivity index (χ0) is 32.0. The first-order valence-electron chi connectivity index (χ1n) is 13.7. The van der Waals surface area contributed by atoms with E-state index in [2.05, 4.69) is 21.2 Å². The summed E-state index contributed by atoms with van der Waals surface area (Å²) in [6, 6.07) is 11.9. The van der Waals surface area contributed by atoms with Crippen molar-refractivity contribution in [1.82, 2.24) is 20.6 Å². The van der Waals surface area contributed by atoms with Crippen molar-refractivity contribution in [1.29, 1.82) is 0 Å². The van der Waals surface area contributed by atoms with Gasteiger partial charge in [-0.15, -0.1) is 0 Å². The summed E-state index contributed by atoms with van der Waals surface area (Å²) in [7, 11) is 1.27. The summed E-state index contributed by atoms with van der Waals surface area (Å²) in [5.41, 5.74) is 7.18. The van der Waals surface area contributed by atoms with Crippen LogP contribution in [0.1, 0.15) is 42.4 Å². The largest absolute Gasteiger partial charge is 0.490 e. The van der Waals surface area contributed by atoms with Crippen molar-refractivity contribution in [2.24, 2.45) is 5.10 Å². The fourth-order valence-corrected chi connectivity index (χ4v) is 4.85. The molecule has 3 aromatic rings. The highest BCUT2D eigenvalue weighted by atomic mass is 16.6. The monoisotopic (exact) mass is 606 g/mol. The SMILES string of the molecule is CCOc1cc([C@@H]2NC(=O)NC(C)=C2C(=O)OC)ccc1OC[C@H](O)N/N=C/c1cc(C)n(-c2ccc([N+](=O)[O-])cc2)c1C. The number of benzene rings is 2. The quantitative estimate of drug-likeness (QED) is 0.0789. The predicted octanol–water partition coefficient (Wildman–Crippen LogP) is 3.52. The Hall–Kier alpha value is -5.37. The van der Waals surface area contributed by atoms with E-state index in [1.807, 2.05) is 24.5 Å². The fraction of sp³-hybridized carbons (Fsp3) is 0.300. The summed E-state index contributed by atoms with van der Waals surface area (Å²) < 4.78 is 18.4. The van der Waals surface area contributed by atoms with E-state index in [-0.39, 0.29) is 17.9 Å². The third kappa shape index (κ3) is 6.98. The number of allylic oxidation sites excluding steroid dienone is 1. The molecule has 1 aromatic heterocycles. The van der Waals surface area contributed by atoms with Crippen molar-refractivity contribution < 1.29 is 33.8 Å². The molecule has 0 bridgehead atoms. The van der Waals surface area contributed by atoms with Crippen LogP contribution < -0.4 is 25.5 Å². The second kappa shape index (κ2) is 13.7. The minimum atomic E-state index is -1.17. The number of esters is 1. The van der Waals surface area contributed by atoms with Crippen molar-refractivity contribution in [3.05, 3.63) is 92.4 Å². The number of aliphatic hydroxyl groups excluding tert-OH is 1. The lowest BCUT2D eigenvalue weighted by atomic mass is 9.95. The van der Waals surface area contributed by atoms with Crippen LogP contribution in [0.25, 0.3) is 5.69 Å². The number of aromatic nitrogens is 1. The Morgan fingerprint density at radius 3 is 2.55 bits per heavy atom. The molecule has 0 saturated heterocycles. The first-order valence-corrected chi connectivity index (χ1v) is 13.7. The van der Waals surface area contributed by atoms with Gasteiger partial charge in [-0.05, 0) is 63.6 Å². The maximum absolute atomic E-state index is 12.4. The van der Waals surface area contributed by atoms with E-state index in [0.29, 0.717) is 29.4 Å². The Morgan fingerprint density at radius 2 is 1.89 bits per heavy atom. The number of hydrogen-bond acceptors (Lipinski definition) is 10. The van der Waals surface area contributed by atoms with Crippen LogP contribution in [-0.2, 0) is 9.53 Å². The molecule has 4 N–H and O–H groups in total. The molecule has 14 nitrogen and oxygen atoms in total. The van der Waals surface area contributed by atoms with E-state index in [1.165, 1.54) is 19.2 Å². The first-order chi connectivity index (χ1) is 21.0. The number of hydrogen-bond donors (Lipinski definition) is 4. The van der Waals surface area contributed by atoms with Gasteiger partial charge in [0.05, 0.1) is 36.5 Å². The molecule has 0 spiro atoms. The molecule has 1 aliphatic heterocycles. The van der Waals surface area contributed by atoms with Gasteiger partial charge in [-0.2, -0.15) is 5.10 Å². The van der Waals surface area contributed by atoms with Crippen molar-refractivity contribution in [3.63, 3.8) is 0 Å². The summed E-state index contributed by atoms with van der Waals surface area (Å²) in [5, 5.41) is 30.9. The molecule has 232 valence electrons. The Kier molecular flexibility index (Phi) is 9.85. The number of carbonyl (C=O) groups is 2. The number of aliphatic hydroxyl groups is 1. The number of urea groups is 1. The van der Waals surface area contributed by atoms with E-state index in [1.54, 1.807) is 50.4 Å².